The van der Waals surface area contributed by atoms with Gasteiger partial charge in [0, 0.05) is 37.0 Å². The van der Waals surface area contributed by atoms with E-state index < -0.39 is 0 Å². The van der Waals surface area contributed by atoms with E-state index in [0.717, 1.165) is 44.6 Å². The van der Waals surface area contributed by atoms with Crippen LogP contribution in [0.5, 0.6) is 0 Å². The van der Waals surface area contributed by atoms with Crippen LogP contribution in [0.1, 0.15) is 43.5 Å². The molecule has 3 heteroatoms. The van der Waals surface area contributed by atoms with Gasteiger partial charge < -0.3 is 9.30 Å². The van der Waals surface area contributed by atoms with Crippen molar-refractivity contribution in [2.45, 2.75) is 39.7 Å². The van der Waals surface area contributed by atoms with E-state index in [1.165, 1.54) is 0 Å². The minimum absolute atomic E-state index is 0.308. The average molecular weight is 249 g/mol. The first kappa shape index (κ1) is 13.3. The Hall–Kier alpha value is -1.09. The molecule has 1 heterocycles. The molecule has 1 fully saturated rings. The molecule has 1 saturated carbocycles. The molecule has 0 saturated heterocycles. The summed E-state index contributed by atoms with van der Waals surface area (Å²) in [6.45, 7) is 6.78. The highest BCUT2D eigenvalue weighted by atomic mass is 16.5. The summed E-state index contributed by atoms with van der Waals surface area (Å²) < 4.78 is 7.62. The molecule has 3 nitrogen and oxygen atoms in total. The Morgan fingerprint density at radius 3 is 2.89 bits per heavy atom. The second-order valence-electron chi connectivity index (χ2n) is 5.57. The van der Waals surface area contributed by atoms with Crippen LogP contribution in [0.2, 0.25) is 0 Å². The maximum absolute atomic E-state index is 11.8. The quantitative estimate of drug-likeness (QED) is 0.523. The first-order valence-corrected chi connectivity index (χ1v) is 6.94. The lowest BCUT2D eigenvalue weighted by molar-refractivity contribution is 0.0966. The third-order valence-corrected chi connectivity index (χ3v) is 3.32. The first-order chi connectivity index (χ1) is 8.66. The van der Waals surface area contributed by atoms with Gasteiger partial charge in [0.15, 0.2) is 5.78 Å². The van der Waals surface area contributed by atoms with Crippen molar-refractivity contribution in [3.63, 3.8) is 0 Å². The number of aromatic nitrogens is 1. The Morgan fingerprint density at radius 2 is 2.22 bits per heavy atom. The number of carbonyl (C=O) groups excluding carboxylic acids is 1. The van der Waals surface area contributed by atoms with Crippen LogP contribution in [0.15, 0.2) is 18.5 Å². The average Bonchev–Trinajstić information content (AvgIpc) is 3.07. The van der Waals surface area contributed by atoms with Gasteiger partial charge in [-0.1, -0.05) is 13.8 Å². The largest absolute Gasteiger partial charge is 0.380 e. The minimum Gasteiger partial charge on any atom is -0.380 e. The van der Waals surface area contributed by atoms with E-state index in [2.05, 4.69) is 13.8 Å². The van der Waals surface area contributed by atoms with E-state index >= 15 is 0 Å². The van der Waals surface area contributed by atoms with Crippen molar-refractivity contribution < 1.29 is 9.53 Å². The summed E-state index contributed by atoms with van der Waals surface area (Å²) in [7, 11) is 0. The molecule has 0 aromatic carbocycles. The summed E-state index contributed by atoms with van der Waals surface area (Å²) in [6.07, 6.45) is 7.18. The first-order valence-electron chi connectivity index (χ1n) is 6.94. The van der Waals surface area contributed by atoms with Gasteiger partial charge in [0.1, 0.15) is 0 Å². The van der Waals surface area contributed by atoms with Gasteiger partial charge in [-0.15, -0.1) is 0 Å². The van der Waals surface area contributed by atoms with Crippen molar-refractivity contribution in [2.75, 3.05) is 13.2 Å². The molecule has 2 rings (SSSR count). The monoisotopic (exact) mass is 249 g/mol. The smallest absolute Gasteiger partial charge is 0.167 e. The molecule has 0 bridgehead atoms. The SMILES string of the molecule is CC(C)CCOCCn1ccc(C(=O)C2CC2)c1. The molecule has 0 N–H and O–H groups in total. The lowest BCUT2D eigenvalue weighted by atomic mass is 10.1. The number of ether oxygens (including phenoxy) is 1. The summed E-state index contributed by atoms with van der Waals surface area (Å²) in [4.78, 5) is 11.8. The van der Waals surface area contributed by atoms with E-state index in [9.17, 15) is 4.79 Å². The van der Waals surface area contributed by atoms with Crippen LogP contribution in [0.4, 0.5) is 0 Å². The van der Waals surface area contributed by atoms with Gasteiger partial charge in [-0.3, -0.25) is 4.79 Å². The number of nitrogens with zero attached hydrogens (tertiary/aromatic N) is 1. The molecule has 0 radical (unpaired) electrons. The van der Waals surface area contributed by atoms with Crippen LogP contribution in [-0.2, 0) is 11.3 Å². The van der Waals surface area contributed by atoms with Crippen LogP contribution in [-0.4, -0.2) is 23.6 Å². The second-order valence-corrected chi connectivity index (χ2v) is 5.57. The molecule has 1 aromatic heterocycles. The predicted molar refractivity (Wildman–Crippen MR) is 71.8 cm³/mol. The number of carbonyl (C=O) groups is 1. The maximum atomic E-state index is 11.8. The van der Waals surface area contributed by atoms with Crippen molar-refractivity contribution in [1.29, 1.82) is 0 Å². The summed E-state index contributed by atoms with van der Waals surface area (Å²) in [5, 5.41) is 0. The molecule has 1 aliphatic carbocycles. The molecule has 100 valence electrons. The fraction of sp³-hybridized carbons (Fsp3) is 0.667. The molecular formula is C15H23NO2. The summed E-state index contributed by atoms with van der Waals surface area (Å²) in [5.41, 5.74) is 0.861. The number of ketones is 1. The third-order valence-electron chi connectivity index (χ3n) is 3.32. The minimum atomic E-state index is 0.308. The number of hydrogen-bond acceptors (Lipinski definition) is 2. The van der Waals surface area contributed by atoms with Gasteiger partial charge in [-0.2, -0.15) is 0 Å². The van der Waals surface area contributed by atoms with E-state index in [1.807, 2.05) is 23.0 Å². The van der Waals surface area contributed by atoms with Gasteiger partial charge in [0.25, 0.3) is 0 Å². The molecule has 18 heavy (non-hydrogen) atoms. The Labute approximate surface area is 109 Å². The maximum Gasteiger partial charge on any atom is 0.167 e. The number of hydrogen-bond donors (Lipinski definition) is 0. The zero-order chi connectivity index (χ0) is 13.0. The van der Waals surface area contributed by atoms with E-state index in [-0.39, 0.29) is 0 Å². The van der Waals surface area contributed by atoms with Gasteiger partial charge in [-0.25, -0.2) is 0 Å². The lowest BCUT2D eigenvalue weighted by Gasteiger charge is -2.07. The van der Waals surface area contributed by atoms with Gasteiger partial charge >= 0.3 is 0 Å². The summed E-state index contributed by atoms with van der Waals surface area (Å²) in [5.74, 6) is 1.32. The summed E-state index contributed by atoms with van der Waals surface area (Å²) in [6, 6.07) is 1.93. The highest BCUT2D eigenvalue weighted by Crippen LogP contribution is 2.32. The van der Waals surface area contributed by atoms with E-state index in [1.54, 1.807) is 0 Å². The standard InChI is InChI=1S/C15H23NO2/c1-12(2)6-9-18-10-8-16-7-5-14(11-16)15(17)13-3-4-13/h5,7,11-13H,3-4,6,8-10H2,1-2H3. The van der Waals surface area contributed by atoms with Crippen LogP contribution in [0, 0.1) is 11.8 Å². The second kappa shape index (κ2) is 6.19. The van der Waals surface area contributed by atoms with Crippen LogP contribution >= 0.6 is 0 Å². The molecular weight excluding hydrogens is 226 g/mol. The Balaban J connectivity index is 1.68. The Kier molecular flexibility index (Phi) is 4.59. The van der Waals surface area contributed by atoms with E-state index in [4.69, 9.17) is 4.74 Å². The van der Waals surface area contributed by atoms with Crippen molar-refractivity contribution in [2.24, 2.45) is 11.8 Å². The van der Waals surface area contributed by atoms with Crippen LogP contribution in [0.3, 0.4) is 0 Å². The Bertz CT molecular complexity index is 391. The van der Waals surface area contributed by atoms with Crippen LogP contribution in [0.25, 0.3) is 0 Å². The normalized spacial score (nSPS) is 15.3. The molecule has 0 amide bonds. The number of rotatable bonds is 8. The van der Waals surface area contributed by atoms with Crippen molar-refractivity contribution >= 4 is 5.78 Å². The van der Waals surface area contributed by atoms with Crippen molar-refractivity contribution in [3.05, 3.63) is 24.0 Å². The molecule has 1 aliphatic rings. The number of Topliss-reactive ketones (excluding diaryl/α,β-unsaturated/α-hetero) is 1. The molecule has 0 unspecified atom stereocenters. The lowest BCUT2D eigenvalue weighted by Crippen LogP contribution is -2.07. The molecule has 0 spiro atoms. The van der Waals surface area contributed by atoms with E-state index in [0.29, 0.717) is 17.6 Å². The highest BCUT2D eigenvalue weighted by Gasteiger charge is 2.30. The third kappa shape index (κ3) is 3.98. The van der Waals surface area contributed by atoms with Gasteiger partial charge in [-0.05, 0) is 31.2 Å². The molecule has 0 atom stereocenters. The fourth-order valence-corrected chi connectivity index (χ4v) is 1.90. The van der Waals surface area contributed by atoms with Crippen molar-refractivity contribution in [3.8, 4) is 0 Å². The Morgan fingerprint density at radius 1 is 1.44 bits per heavy atom. The van der Waals surface area contributed by atoms with Crippen LogP contribution < -0.4 is 0 Å². The predicted octanol–water partition coefficient (Wildman–Crippen LogP) is 3.14. The van der Waals surface area contributed by atoms with Gasteiger partial charge in [0.05, 0.1) is 6.61 Å². The molecule has 0 aliphatic heterocycles. The summed E-state index contributed by atoms with van der Waals surface area (Å²) >= 11 is 0. The van der Waals surface area contributed by atoms with Crippen molar-refractivity contribution in [1.82, 2.24) is 4.57 Å². The highest BCUT2D eigenvalue weighted by molar-refractivity contribution is 5.99. The van der Waals surface area contributed by atoms with Gasteiger partial charge in [0.2, 0.25) is 0 Å². The fourth-order valence-electron chi connectivity index (χ4n) is 1.90. The zero-order valence-electron chi connectivity index (χ0n) is 11.4. The molecule has 1 aromatic rings. The zero-order valence-corrected chi connectivity index (χ0v) is 11.4. The topological polar surface area (TPSA) is 31.2 Å².